The number of aromatic nitrogens is 1. The van der Waals surface area contributed by atoms with Gasteiger partial charge in [-0.15, -0.1) is 11.3 Å². The van der Waals surface area contributed by atoms with Crippen LogP contribution in [0.5, 0.6) is 0 Å². The number of nitrogens with zero attached hydrogens (tertiary/aromatic N) is 3. The van der Waals surface area contributed by atoms with Crippen molar-refractivity contribution in [1.29, 1.82) is 0 Å². The molecule has 4 nitrogen and oxygen atoms in total. The van der Waals surface area contributed by atoms with Gasteiger partial charge in [0.25, 0.3) is 0 Å². The maximum atomic E-state index is 4.74. The molecule has 5 heteroatoms. The molecule has 0 spiro atoms. The van der Waals surface area contributed by atoms with Gasteiger partial charge in [0, 0.05) is 18.5 Å². The van der Waals surface area contributed by atoms with Gasteiger partial charge >= 0.3 is 0 Å². The number of hydrogen-bond donors (Lipinski definition) is 1. The highest BCUT2D eigenvalue weighted by atomic mass is 32.1. The largest absolute Gasteiger partial charge is 0.310 e. The molecule has 0 aliphatic carbocycles. The van der Waals surface area contributed by atoms with Gasteiger partial charge in [-0.3, -0.25) is 4.90 Å². The van der Waals surface area contributed by atoms with Crippen LogP contribution >= 0.6 is 11.3 Å². The van der Waals surface area contributed by atoms with Crippen LogP contribution in [-0.4, -0.2) is 55.1 Å². The molecule has 0 radical (unpaired) electrons. The molecule has 0 aromatic carbocycles. The van der Waals surface area contributed by atoms with Crippen LogP contribution in [0.2, 0.25) is 0 Å². The molecule has 1 N–H and O–H groups in total. The van der Waals surface area contributed by atoms with E-state index in [1.54, 1.807) is 11.3 Å². The van der Waals surface area contributed by atoms with Gasteiger partial charge in [-0.1, -0.05) is 20.8 Å². The average Bonchev–Trinajstić information content (AvgIpc) is 2.84. The zero-order valence-electron chi connectivity index (χ0n) is 14.4. The second-order valence-corrected chi connectivity index (χ2v) is 7.23. The molecule has 0 amide bonds. The summed E-state index contributed by atoms with van der Waals surface area (Å²) in [7, 11) is 4.26. The lowest BCUT2D eigenvalue weighted by atomic mass is 10.2. The molecular weight excluding hydrogens is 280 g/mol. The Bertz CT molecular complexity index is 376. The lowest BCUT2D eigenvalue weighted by Crippen LogP contribution is -2.27. The van der Waals surface area contributed by atoms with Crippen molar-refractivity contribution in [1.82, 2.24) is 20.1 Å². The normalized spacial score (nSPS) is 12.0. The quantitative estimate of drug-likeness (QED) is 0.681. The number of hydrogen-bond acceptors (Lipinski definition) is 5. The van der Waals surface area contributed by atoms with E-state index in [9.17, 15) is 0 Å². The summed E-state index contributed by atoms with van der Waals surface area (Å²) in [6.07, 6.45) is 1.22. The molecular formula is C16H32N4S. The molecule has 1 heterocycles. The fraction of sp³-hybridized carbons (Fsp3) is 0.812. The Morgan fingerprint density at radius 3 is 2.67 bits per heavy atom. The minimum Gasteiger partial charge on any atom is -0.310 e. The van der Waals surface area contributed by atoms with Gasteiger partial charge in [0.05, 0.1) is 5.69 Å². The SMILES string of the molecule is CCN(CCCN(C)C)Cc1csc(CNCC(C)C)n1. The van der Waals surface area contributed by atoms with Gasteiger partial charge in [0.15, 0.2) is 0 Å². The molecule has 0 unspecified atom stereocenters. The van der Waals surface area contributed by atoms with Crippen LogP contribution in [0, 0.1) is 5.92 Å². The second-order valence-electron chi connectivity index (χ2n) is 6.28. The second kappa shape index (κ2) is 10.3. The van der Waals surface area contributed by atoms with E-state index in [1.807, 2.05) is 0 Å². The topological polar surface area (TPSA) is 31.4 Å². The van der Waals surface area contributed by atoms with Crippen LogP contribution < -0.4 is 5.32 Å². The Kier molecular flexibility index (Phi) is 9.08. The molecule has 0 bridgehead atoms. The Morgan fingerprint density at radius 1 is 1.29 bits per heavy atom. The molecule has 0 saturated heterocycles. The van der Waals surface area contributed by atoms with E-state index < -0.39 is 0 Å². The van der Waals surface area contributed by atoms with Crippen molar-refractivity contribution in [2.75, 3.05) is 40.3 Å². The summed E-state index contributed by atoms with van der Waals surface area (Å²) in [5.41, 5.74) is 1.22. The standard InChI is InChI=1S/C16H32N4S/c1-6-20(9-7-8-19(4)5)12-15-13-21-16(18-15)11-17-10-14(2)3/h13-14,17H,6-12H2,1-5H3. The van der Waals surface area contributed by atoms with Crippen LogP contribution in [0.25, 0.3) is 0 Å². The van der Waals surface area contributed by atoms with Crippen molar-refractivity contribution in [2.45, 2.75) is 40.3 Å². The highest BCUT2D eigenvalue weighted by Gasteiger charge is 2.08. The van der Waals surface area contributed by atoms with Crippen molar-refractivity contribution < 1.29 is 0 Å². The summed E-state index contributed by atoms with van der Waals surface area (Å²) >= 11 is 1.77. The Morgan fingerprint density at radius 2 is 2.05 bits per heavy atom. The van der Waals surface area contributed by atoms with Crippen molar-refractivity contribution in [3.63, 3.8) is 0 Å². The molecule has 0 saturated carbocycles. The van der Waals surface area contributed by atoms with Gasteiger partial charge in [-0.2, -0.15) is 0 Å². The first-order valence-electron chi connectivity index (χ1n) is 8.02. The fourth-order valence-corrected chi connectivity index (χ4v) is 2.91. The van der Waals surface area contributed by atoms with Crippen molar-refractivity contribution in [3.05, 3.63) is 16.1 Å². The molecule has 0 atom stereocenters. The smallest absolute Gasteiger partial charge is 0.107 e. The Hall–Kier alpha value is -0.490. The molecule has 21 heavy (non-hydrogen) atoms. The number of nitrogens with one attached hydrogen (secondary N) is 1. The Balaban J connectivity index is 2.33. The van der Waals surface area contributed by atoms with Crippen LogP contribution in [-0.2, 0) is 13.1 Å². The van der Waals surface area contributed by atoms with E-state index in [-0.39, 0.29) is 0 Å². The summed E-state index contributed by atoms with van der Waals surface area (Å²) in [4.78, 5) is 9.46. The van der Waals surface area contributed by atoms with Crippen LogP contribution in [0.1, 0.15) is 37.9 Å². The maximum Gasteiger partial charge on any atom is 0.107 e. The zero-order valence-corrected chi connectivity index (χ0v) is 15.2. The van der Waals surface area contributed by atoms with E-state index in [4.69, 9.17) is 4.98 Å². The van der Waals surface area contributed by atoms with Crippen molar-refractivity contribution in [3.8, 4) is 0 Å². The van der Waals surface area contributed by atoms with E-state index in [0.29, 0.717) is 5.92 Å². The first kappa shape index (κ1) is 18.6. The molecule has 1 aromatic heterocycles. The molecule has 122 valence electrons. The minimum atomic E-state index is 0.691. The third-order valence-corrected chi connectivity index (χ3v) is 4.24. The predicted molar refractivity (Wildman–Crippen MR) is 92.8 cm³/mol. The molecule has 0 fully saturated rings. The molecule has 0 aliphatic heterocycles. The van der Waals surface area contributed by atoms with E-state index in [1.165, 1.54) is 17.1 Å². The van der Waals surface area contributed by atoms with E-state index >= 15 is 0 Å². The monoisotopic (exact) mass is 312 g/mol. The summed E-state index contributed by atoms with van der Waals surface area (Å²) < 4.78 is 0. The van der Waals surface area contributed by atoms with Crippen LogP contribution in [0.15, 0.2) is 5.38 Å². The van der Waals surface area contributed by atoms with Crippen molar-refractivity contribution >= 4 is 11.3 Å². The van der Waals surface area contributed by atoms with Gasteiger partial charge < -0.3 is 10.2 Å². The zero-order chi connectivity index (χ0) is 15.7. The van der Waals surface area contributed by atoms with Gasteiger partial charge in [0.2, 0.25) is 0 Å². The van der Waals surface area contributed by atoms with Crippen LogP contribution in [0.3, 0.4) is 0 Å². The summed E-state index contributed by atoms with van der Waals surface area (Å²) in [6.45, 7) is 13.0. The molecule has 1 rings (SSSR count). The van der Waals surface area contributed by atoms with Crippen LogP contribution in [0.4, 0.5) is 0 Å². The van der Waals surface area contributed by atoms with Gasteiger partial charge in [-0.05, 0) is 52.6 Å². The van der Waals surface area contributed by atoms with Gasteiger partial charge in [0.1, 0.15) is 5.01 Å². The van der Waals surface area contributed by atoms with Crippen molar-refractivity contribution in [2.24, 2.45) is 5.92 Å². The predicted octanol–water partition coefficient (Wildman–Crippen LogP) is 2.66. The fourth-order valence-electron chi connectivity index (χ4n) is 2.16. The lowest BCUT2D eigenvalue weighted by Gasteiger charge is -2.20. The molecule has 0 aliphatic rings. The first-order chi connectivity index (χ1) is 10.0. The summed E-state index contributed by atoms with van der Waals surface area (Å²) in [6, 6.07) is 0. The average molecular weight is 313 g/mol. The van der Waals surface area contributed by atoms with E-state index in [2.05, 4.69) is 55.4 Å². The van der Waals surface area contributed by atoms with E-state index in [0.717, 1.165) is 39.3 Å². The minimum absolute atomic E-state index is 0.691. The number of rotatable bonds is 11. The third-order valence-electron chi connectivity index (χ3n) is 3.34. The Labute approximate surface area is 134 Å². The first-order valence-corrected chi connectivity index (χ1v) is 8.90. The summed E-state index contributed by atoms with van der Waals surface area (Å²) in [5, 5.41) is 6.87. The lowest BCUT2D eigenvalue weighted by molar-refractivity contribution is 0.257. The maximum absolute atomic E-state index is 4.74. The van der Waals surface area contributed by atoms with Gasteiger partial charge in [-0.25, -0.2) is 4.98 Å². The third kappa shape index (κ3) is 8.51. The highest BCUT2D eigenvalue weighted by Crippen LogP contribution is 2.12. The number of thiazole rings is 1. The summed E-state index contributed by atoms with van der Waals surface area (Å²) in [5.74, 6) is 0.691. The highest BCUT2D eigenvalue weighted by molar-refractivity contribution is 7.09. The molecule has 1 aromatic rings.